The first-order chi connectivity index (χ1) is 10.9. The van der Waals surface area contributed by atoms with E-state index in [1.165, 1.54) is 27.4 Å². The summed E-state index contributed by atoms with van der Waals surface area (Å²) in [7, 11) is 4.34. The Morgan fingerprint density at radius 3 is 1.87 bits per heavy atom. The fourth-order valence-electron chi connectivity index (χ4n) is 2.40. The number of carbonyl (C=O) groups excluding carboxylic acids is 1. The van der Waals surface area contributed by atoms with Gasteiger partial charge in [-0.25, -0.2) is 0 Å². The van der Waals surface area contributed by atoms with Crippen molar-refractivity contribution in [2.45, 2.75) is 6.92 Å². The van der Waals surface area contributed by atoms with Gasteiger partial charge in [0.2, 0.25) is 5.78 Å². The lowest BCUT2D eigenvalue weighted by Crippen LogP contribution is -2.09. The molecule has 0 aromatic heterocycles. The van der Waals surface area contributed by atoms with Crippen LogP contribution in [0.15, 0.2) is 24.3 Å². The first kappa shape index (κ1) is 16.5. The van der Waals surface area contributed by atoms with Gasteiger partial charge in [0.05, 0.1) is 26.9 Å². The summed E-state index contributed by atoms with van der Waals surface area (Å²) in [5.74, 6) is 0.0899. The van der Waals surface area contributed by atoms with Crippen molar-refractivity contribution in [2.75, 3.05) is 21.3 Å². The van der Waals surface area contributed by atoms with E-state index in [1.54, 1.807) is 19.1 Å². The number of methoxy groups -OCH3 is 3. The van der Waals surface area contributed by atoms with Crippen molar-refractivity contribution in [2.24, 2.45) is 0 Å². The number of phenolic OH excluding ortho intramolecular Hbond substituents is 2. The molecule has 0 aliphatic rings. The number of hydrogen-bond acceptors (Lipinski definition) is 6. The van der Waals surface area contributed by atoms with Crippen LogP contribution in [0.25, 0.3) is 0 Å². The highest BCUT2D eigenvalue weighted by Crippen LogP contribution is 2.38. The Morgan fingerprint density at radius 1 is 0.870 bits per heavy atom. The second kappa shape index (κ2) is 6.48. The van der Waals surface area contributed by atoms with E-state index >= 15 is 0 Å². The molecule has 0 heterocycles. The average Bonchev–Trinajstić information content (AvgIpc) is 2.52. The molecular weight excluding hydrogens is 300 g/mol. The van der Waals surface area contributed by atoms with Gasteiger partial charge in [0.1, 0.15) is 34.3 Å². The highest BCUT2D eigenvalue weighted by atomic mass is 16.5. The zero-order chi connectivity index (χ0) is 17.1. The quantitative estimate of drug-likeness (QED) is 0.824. The lowest BCUT2D eigenvalue weighted by atomic mass is 9.96. The Bertz CT molecular complexity index is 703. The number of carbonyl (C=O) groups is 1. The Labute approximate surface area is 133 Å². The molecule has 2 N–H and O–H groups in total. The van der Waals surface area contributed by atoms with Crippen LogP contribution in [0.5, 0.6) is 28.7 Å². The molecule has 2 rings (SSSR count). The van der Waals surface area contributed by atoms with Crippen LogP contribution < -0.4 is 14.2 Å². The summed E-state index contributed by atoms with van der Waals surface area (Å²) in [6.07, 6.45) is 0. The van der Waals surface area contributed by atoms with Crippen molar-refractivity contribution < 1.29 is 29.2 Å². The van der Waals surface area contributed by atoms with Gasteiger partial charge in [-0.1, -0.05) is 0 Å². The number of benzene rings is 2. The van der Waals surface area contributed by atoms with E-state index in [9.17, 15) is 15.0 Å². The molecule has 0 aliphatic carbocycles. The molecule has 0 bridgehead atoms. The van der Waals surface area contributed by atoms with Crippen LogP contribution in [-0.4, -0.2) is 37.3 Å². The standard InChI is InChI=1S/C17H18O6/c1-9-5-10(18)6-12(19)15(9)17(20)16-13(22-3)7-11(21-2)8-14(16)23-4/h5-8,18-19H,1-4H3. The van der Waals surface area contributed by atoms with Gasteiger partial charge in [0, 0.05) is 18.2 Å². The molecule has 0 radical (unpaired) electrons. The van der Waals surface area contributed by atoms with Crippen LogP contribution in [0, 0.1) is 6.92 Å². The maximum Gasteiger partial charge on any atom is 0.204 e. The Kier molecular flexibility index (Phi) is 4.64. The molecule has 0 fully saturated rings. The van der Waals surface area contributed by atoms with Crippen LogP contribution in [0.1, 0.15) is 21.5 Å². The molecule has 122 valence electrons. The van der Waals surface area contributed by atoms with Crippen LogP contribution >= 0.6 is 0 Å². The summed E-state index contributed by atoms with van der Waals surface area (Å²) >= 11 is 0. The predicted octanol–water partition coefficient (Wildman–Crippen LogP) is 2.66. The topological polar surface area (TPSA) is 85.2 Å². The third-order valence-corrected chi connectivity index (χ3v) is 3.47. The van der Waals surface area contributed by atoms with Crippen molar-refractivity contribution in [3.05, 3.63) is 41.0 Å². The van der Waals surface area contributed by atoms with E-state index in [0.29, 0.717) is 11.3 Å². The summed E-state index contributed by atoms with van der Waals surface area (Å²) in [5, 5.41) is 19.5. The number of rotatable bonds is 5. The number of ketones is 1. The number of phenols is 2. The largest absolute Gasteiger partial charge is 0.508 e. The lowest BCUT2D eigenvalue weighted by molar-refractivity contribution is 0.103. The van der Waals surface area contributed by atoms with E-state index in [4.69, 9.17) is 14.2 Å². The van der Waals surface area contributed by atoms with Crippen molar-refractivity contribution in [1.29, 1.82) is 0 Å². The zero-order valence-corrected chi connectivity index (χ0v) is 13.3. The second-order valence-electron chi connectivity index (χ2n) is 4.89. The Hall–Kier alpha value is -2.89. The normalized spacial score (nSPS) is 10.3. The SMILES string of the molecule is COc1cc(OC)c(C(=O)c2c(C)cc(O)cc2O)c(OC)c1. The Morgan fingerprint density at radius 2 is 1.43 bits per heavy atom. The first-order valence-electron chi connectivity index (χ1n) is 6.80. The molecule has 0 unspecified atom stereocenters. The summed E-state index contributed by atoms with van der Waals surface area (Å²) in [6.45, 7) is 1.62. The van der Waals surface area contributed by atoms with Gasteiger partial charge in [-0.2, -0.15) is 0 Å². The molecule has 6 nitrogen and oxygen atoms in total. The molecule has 0 amide bonds. The van der Waals surface area contributed by atoms with Crippen molar-refractivity contribution in [3.8, 4) is 28.7 Å². The van der Waals surface area contributed by atoms with Crippen LogP contribution in [-0.2, 0) is 0 Å². The molecule has 0 atom stereocenters. The number of hydrogen-bond donors (Lipinski definition) is 2. The number of aryl methyl sites for hydroxylation is 1. The first-order valence-corrected chi connectivity index (χ1v) is 6.80. The van der Waals surface area contributed by atoms with Gasteiger partial charge in [-0.3, -0.25) is 4.79 Å². The average molecular weight is 318 g/mol. The highest BCUT2D eigenvalue weighted by Gasteiger charge is 2.25. The minimum absolute atomic E-state index is 0.0737. The van der Waals surface area contributed by atoms with Gasteiger partial charge in [0.25, 0.3) is 0 Å². The molecular formula is C17H18O6. The van der Waals surface area contributed by atoms with E-state index in [-0.39, 0.29) is 34.1 Å². The Balaban J connectivity index is 2.69. The van der Waals surface area contributed by atoms with Crippen LogP contribution in [0.3, 0.4) is 0 Å². The number of ether oxygens (including phenoxy) is 3. The number of aromatic hydroxyl groups is 2. The maximum atomic E-state index is 12.9. The van der Waals surface area contributed by atoms with Gasteiger partial charge in [-0.15, -0.1) is 0 Å². The molecule has 0 saturated carbocycles. The summed E-state index contributed by atoms with van der Waals surface area (Å²) in [4.78, 5) is 12.9. The van der Waals surface area contributed by atoms with E-state index in [1.807, 2.05) is 0 Å². The minimum atomic E-state index is -0.476. The van der Waals surface area contributed by atoms with Gasteiger partial charge < -0.3 is 24.4 Å². The minimum Gasteiger partial charge on any atom is -0.508 e. The smallest absolute Gasteiger partial charge is 0.204 e. The van der Waals surface area contributed by atoms with Crippen molar-refractivity contribution in [3.63, 3.8) is 0 Å². The maximum absolute atomic E-state index is 12.9. The summed E-state index contributed by atoms with van der Waals surface area (Å²) in [5.41, 5.74) is 0.678. The molecule has 6 heteroatoms. The van der Waals surface area contributed by atoms with Crippen LogP contribution in [0.4, 0.5) is 0 Å². The molecule has 0 aliphatic heterocycles. The monoisotopic (exact) mass is 318 g/mol. The van der Waals surface area contributed by atoms with Gasteiger partial charge >= 0.3 is 0 Å². The third-order valence-electron chi connectivity index (χ3n) is 3.47. The summed E-state index contributed by atoms with van der Waals surface area (Å²) < 4.78 is 15.7. The molecule has 0 saturated heterocycles. The van der Waals surface area contributed by atoms with E-state index in [0.717, 1.165) is 6.07 Å². The second-order valence-corrected chi connectivity index (χ2v) is 4.89. The fourth-order valence-corrected chi connectivity index (χ4v) is 2.40. The summed E-state index contributed by atoms with van der Waals surface area (Å²) in [6, 6.07) is 5.63. The molecule has 2 aromatic rings. The van der Waals surface area contributed by atoms with Crippen molar-refractivity contribution >= 4 is 5.78 Å². The molecule has 0 spiro atoms. The zero-order valence-electron chi connectivity index (χ0n) is 13.3. The molecule has 23 heavy (non-hydrogen) atoms. The molecule has 2 aromatic carbocycles. The van der Waals surface area contributed by atoms with Crippen molar-refractivity contribution in [1.82, 2.24) is 0 Å². The fraction of sp³-hybridized carbons (Fsp3) is 0.235. The predicted molar refractivity (Wildman–Crippen MR) is 84.0 cm³/mol. The van der Waals surface area contributed by atoms with Gasteiger partial charge in [-0.05, 0) is 18.6 Å². The van der Waals surface area contributed by atoms with E-state index < -0.39 is 5.78 Å². The lowest BCUT2D eigenvalue weighted by Gasteiger charge is -2.16. The third kappa shape index (κ3) is 3.01. The highest BCUT2D eigenvalue weighted by molar-refractivity contribution is 6.15. The van der Waals surface area contributed by atoms with E-state index in [2.05, 4.69) is 0 Å². The van der Waals surface area contributed by atoms with Gasteiger partial charge in [0.15, 0.2) is 0 Å². The van der Waals surface area contributed by atoms with Crippen LogP contribution in [0.2, 0.25) is 0 Å².